The molecule has 0 spiro atoms. The van der Waals surface area contributed by atoms with Gasteiger partial charge in [0.05, 0.1) is 0 Å². The van der Waals surface area contributed by atoms with E-state index < -0.39 is 0 Å². The normalized spacial score (nSPS) is 18.2. The number of aromatic nitrogens is 2. The van der Waals surface area contributed by atoms with E-state index in [9.17, 15) is 4.79 Å². The van der Waals surface area contributed by atoms with Gasteiger partial charge in [-0.25, -0.2) is 4.98 Å². The SMILES string of the molecule is CC(=O)N1CCCC(Cc2ncc(C)n2Cc2ccccc2)C1. The summed E-state index contributed by atoms with van der Waals surface area (Å²) in [5, 5.41) is 0. The van der Waals surface area contributed by atoms with E-state index in [2.05, 4.69) is 40.7 Å². The van der Waals surface area contributed by atoms with Crippen LogP contribution >= 0.6 is 0 Å². The second-order valence-electron chi connectivity index (χ2n) is 6.56. The molecule has 1 saturated heterocycles. The average Bonchev–Trinajstić information content (AvgIpc) is 2.89. The fourth-order valence-corrected chi connectivity index (χ4v) is 3.43. The maximum Gasteiger partial charge on any atom is 0.219 e. The van der Waals surface area contributed by atoms with Crippen LogP contribution in [0.5, 0.6) is 0 Å². The number of carbonyl (C=O) groups is 1. The molecule has 1 aromatic carbocycles. The summed E-state index contributed by atoms with van der Waals surface area (Å²) in [6, 6.07) is 10.5. The quantitative estimate of drug-likeness (QED) is 0.870. The Morgan fingerprint density at radius 2 is 2.09 bits per heavy atom. The van der Waals surface area contributed by atoms with Crippen molar-refractivity contribution in [2.45, 2.75) is 39.7 Å². The summed E-state index contributed by atoms with van der Waals surface area (Å²) in [4.78, 5) is 18.2. The summed E-state index contributed by atoms with van der Waals surface area (Å²) >= 11 is 0. The molecule has 2 heterocycles. The van der Waals surface area contributed by atoms with Crippen LogP contribution in [0.2, 0.25) is 0 Å². The van der Waals surface area contributed by atoms with Crippen molar-refractivity contribution in [1.82, 2.24) is 14.5 Å². The molecule has 1 aliphatic heterocycles. The summed E-state index contributed by atoms with van der Waals surface area (Å²) < 4.78 is 2.31. The molecule has 0 radical (unpaired) electrons. The van der Waals surface area contributed by atoms with Crippen molar-refractivity contribution < 1.29 is 4.79 Å². The van der Waals surface area contributed by atoms with Gasteiger partial charge >= 0.3 is 0 Å². The van der Waals surface area contributed by atoms with E-state index in [-0.39, 0.29) is 5.91 Å². The van der Waals surface area contributed by atoms with Crippen molar-refractivity contribution >= 4 is 5.91 Å². The van der Waals surface area contributed by atoms with Gasteiger partial charge in [0.15, 0.2) is 0 Å². The first-order valence-corrected chi connectivity index (χ1v) is 8.44. The summed E-state index contributed by atoms with van der Waals surface area (Å²) in [5.41, 5.74) is 2.49. The number of rotatable bonds is 4. The monoisotopic (exact) mass is 311 g/mol. The molecule has 1 fully saturated rings. The Balaban J connectivity index is 1.72. The number of piperidine rings is 1. The molecule has 1 atom stereocenters. The molecule has 3 rings (SSSR count). The van der Waals surface area contributed by atoms with Crippen molar-refractivity contribution in [1.29, 1.82) is 0 Å². The zero-order chi connectivity index (χ0) is 16.2. The van der Waals surface area contributed by atoms with Crippen LogP contribution in [-0.4, -0.2) is 33.4 Å². The number of amides is 1. The number of benzene rings is 1. The number of carbonyl (C=O) groups excluding carboxylic acids is 1. The van der Waals surface area contributed by atoms with E-state index in [1.807, 2.05) is 17.2 Å². The molecule has 1 aromatic heterocycles. The van der Waals surface area contributed by atoms with E-state index in [0.717, 1.165) is 38.3 Å². The van der Waals surface area contributed by atoms with Gasteiger partial charge in [0.2, 0.25) is 5.91 Å². The lowest BCUT2D eigenvalue weighted by Gasteiger charge is -2.32. The highest BCUT2D eigenvalue weighted by Crippen LogP contribution is 2.21. The summed E-state index contributed by atoms with van der Waals surface area (Å²) in [7, 11) is 0. The molecule has 1 amide bonds. The minimum atomic E-state index is 0.193. The first-order chi connectivity index (χ1) is 11.1. The second kappa shape index (κ2) is 6.99. The molecule has 122 valence electrons. The number of hydrogen-bond acceptors (Lipinski definition) is 2. The van der Waals surface area contributed by atoms with Crippen LogP contribution < -0.4 is 0 Å². The van der Waals surface area contributed by atoms with Crippen LogP contribution in [0.25, 0.3) is 0 Å². The standard InChI is InChI=1S/C19H25N3O/c1-15-12-20-19(22(15)14-17-7-4-3-5-8-17)11-18-9-6-10-21(13-18)16(2)23/h3-5,7-8,12,18H,6,9-11,13-14H2,1-2H3. The third-order valence-electron chi connectivity index (χ3n) is 4.76. The van der Waals surface area contributed by atoms with E-state index in [4.69, 9.17) is 0 Å². The van der Waals surface area contributed by atoms with Crippen LogP contribution in [0.15, 0.2) is 36.5 Å². The molecule has 0 saturated carbocycles. The smallest absolute Gasteiger partial charge is 0.219 e. The first-order valence-electron chi connectivity index (χ1n) is 8.44. The van der Waals surface area contributed by atoms with Gasteiger partial charge in [-0.2, -0.15) is 0 Å². The van der Waals surface area contributed by atoms with Gasteiger partial charge in [-0.05, 0) is 31.2 Å². The van der Waals surface area contributed by atoms with E-state index >= 15 is 0 Å². The van der Waals surface area contributed by atoms with Crippen LogP contribution in [0, 0.1) is 12.8 Å². The number of likely N-dealkylation sites (tertiary alicyclic amines) is 1. The summed E-state index contributed by atoms with van der Waals surface area (Å²) in [6.07, 6.45) is 5.19. The number of aryl methyl sites for hydroxylation is 1. The minimum absolute atomic E-state index is 0.193. The average molecular weight is 311 g/mol. The lowest BCUT2D eigenvalue weighted by atomic mass is 9.94. The fraction of sp³-hybridized carbons (Fsp3) is 0.474. The highest BCUT2D eigenvalue weighted by atomic mass is 16.2. The predicted molar refractivity (Wildman–Crippen MR) is 91.2 cm³/mol. The Labute approximate surface area is 138 Å². The van der Waals surface area contributed by atoms with Crippen molar-refractivity contribution in [3.05, 3.63) is 53.6 Å². The summed E-state index contributed by atoms with van der Waals surface area (Å²) in [6.45, 7) is 6.42. The molecule has 1 aliphatic rings. The van der Waals surface area contributed by atoms with Gasteiger partial charge in [-0.1, -0.05) is 30.3 Å². The molecule has 0 aliphatic carbocycles. The van der Waals surface area contributed by atoms with Crippen molar-refractivity contribution in [2.24, 2.45) is 5.92 Å². The largest absolute Gasteiger partial charge is 0.343 e. The molecule has 4 heteroatoms. The van der Waals surface area contributed by atoms with E-state index in [0.29, 0.717) is 5.92 Å². The van der Waals surface area contributed by atoms with E-state index in [1.54, 1.807) is 6.92 Å². The minimum Gasteiger partial charge on any atom is -0.343 e. The van der Waals surface area contributed by atoms with Crippen LogP contribution in [0.4, 0.5) is 0 Å². The van der Waals surface area contributed by atoms with Crippen molar-refractivity contribution in [2.75, 3.05) is 13.1 Å². The van der Waals surface area contributed by atoms with E-state index in [1.165, 1.54) is 17.7 Å². The highest BCUT2D eigenvalue weighted by Gasteiger charge is 2.23. The Kier molecular flexibility index (Phi) is 4.79. The number of hydrogen-bond donors (Lipinski definition) is 0. The van der Waals surface area contributed by atoms with Crippen LogP contribution in [0.3, 0.4) is 0 Å². The third-order valence-corrected chi connectivity index (χ3v) is 4.76. The van der Waals surface area contributed by atoms with Crippen LogP contribution in [0.1, 0.15) is 36.8 Å². The van der Waals surface area contributed by atoms with Gasteiger partial charge < -0.3 is 9.47 Å². The summed E-state index contributed by atoms with van der Waals surface area (Å²) in [5.74, 6) is 1.85. The second-order valence-corrected chi connectivity index (χ2v) is 6.56. The highest BCUT2D eigenvalue weighted by molar-refractivity contribution is 5.73. The number of nitrogens with zero attached hydrogens (tertiary/aromatic N) is 3. The zero-order valence-electron chi connectivity index (χ0n) is 14.0. The Morgan fingerprint density at radius 3 is 2.83 bits per heavy atom. The molecule has 1 unspecified atom stereocenters. The lowest BCUT2D eigenvalue weighted by molar-refractivity contribution is -0.130. The van der Waals surface area contributed by atoms with Gasteiger partial charge in [0, 0.05) is 44.9 Å². The third kappa shape index (κ3) is 3.81. The number of imidazole rings is 1. The Hall–Kier alpha value is -2.10. The van der Waals surface area contributed by atoms with Gasteiger partial charge in [-0.15, -0.1) is 0 Å². The van der Waals surface area contributed by atoms with Gasteiger partial charge in [-0.3, -0.25) is 4.79 Å². The molecule has 4 nitrogen and oxygen atoms in total. The predicted octanol–water partition coefficient (Wildman–Crippen LogP) is 3.04. The fourth-order valence-electron chi connectivity index (χ4n) is 3.43. The maximum atomic E-state index is 11.6. The molecule has 23 heavy (non-hydrogen) atoms. The molecular weight excluding hydrogens is 286 g/mol. The molecule has 0 bridgehead atoms. The van der Waals surface area contributed by atoms with Crippen molar-refractivity contribution in [3.8, 4) is 0 Å². The first kappa shape index (κ1) is 15.8. The van der Waals surface area contributed by atoms with Crippen LogP contribution in [-0.2, 0) is 17.8 Å². The molecular formula is C19H25N3O. The Morgan fingerprint density at radius 1 is 1.30 bits per heavy atom. The Bertz CT molecular complexity index is 663. The maximum absolute atomic E-state index is 11.6. The van der Waals surface area contributed by atoms with Crippen molar-refractivity contribution in [3.63, 3.8) is 0 Å². The molecule has 0 N–H and O–H groups in total. The topological polar surface area (TPSA) is 38.1 Å². The molecule has 2 aromatic rings. The lowest BCUT2D eigenvalue weighted by Crippen LogP contribution is -2.39. The van der Waals surface area contributed by atoms with Gasteiger partial charge in [0.1, 0.15) is 5.82 Å². The zero-order valence-corrected chi connectivity index (χ0v) is 14.0. The van der Waals surface area contributed by atoms with Gasteiger partial charge in [0.25, 0.3) is 0 Å².